The predicted octanol–water partition coefficient (Wildman–Crippen LogP) is 3.75. The van der Waals surface area contributed by atoms with Crippen LogP contribution in [0.4, 0.5) is 4.79 Å². The van der Waals surface area contributed by atoms with Crippen LogP contribution in [-0.4, -0.2) is 53.6 Å². The SMILES string of the molecule is COc1ccc(Br)cc1/C=C1/SC(=O)N(CC(=O)N2CCC(C)CC2)C1=O. The second-order valence-electron chi connectivity index (χ2n) is 6.72. The largest absolute Gasteiger partial charge is 0.496 e. The van der Waals surface area contributed by atoms with Crippen LogP contribution in [0.1, 0.15) is 25.3 Å². The number of amides is 3. The van der Waals surface area contributed by atoms with Crippen molar-refractivity contribution in [1.82, 2.24) is 9.80 Å². The first-order valence-corrected chi connectivity index (χ1v) is 10.4. The van der Waals surface area contributed by atoms with E-state index in [1.165, 1.54) is 0 Å². The van der Waals surface area contributed by atoms with Crippen molar-refractivity contribution in [1.29, 1.82) is 0 Å². The standard InChI is InChI=1S/C19H21BrN2O4S/c1-12-5-7-21(8-6-12)17(23)11-22-18(24)16(27-19(22)25)10-13-9-14(20)3-4-15(13)26-2/h3-4,9-10,12H,5-8,11H2,1-2H3/b16-10+. The van der Waals surface area contributed by atoms with Crippen molar-refractivity contribution in [2.24, 2.45) is 5.92 Å². The zero-order valence-electron chi connectivity index (χ0n) is 15.2. The molecule has 1 aromatic rings. The molecular weight excluding hydrogens is 432 g/mol. The van der Waals surface area contributed by atoms with Gasteiger partial charge in [0.25, 0.3) is 11.1 Å². The predicted molar refractivity (Wildman–Crippen MR) is 108 cm³/mol. The molecule has 0 N–H and O–H groups in total. The topological polar surface area (TPSA) is 66.9 Å². The lowest BCUT2D eigenvalue weighted by Crippen LogP contribution is -2.45. The average molecular weight is 453 g/mol. The number of hydrogen-bond donors (Lipinski definition) is 0. The molecule has 0 atom stereocenters. The Balaban J connectivity index is 1.73. The highest BCUT2D eigenvalue weighted by Crippen LogP contribution is 2.34. The lowest BCUT2D eigenvalue weighted by atomic mass is 9.99. The Morgan fingerprint density at radius 3 is 2.70 bits per heavy atom. The third kappa shape index (κ3) is 4.55. The van der Waals surface area contributed by atoms with Gasteiger partial charge in [-0.05, 0) is 54.8 Å². The maximum Gasteiger partial charge on any atom is 0.294 e. The Kier molecular flexibility index (Phi) is 6.26. The fraction of sp³-hybridized carbons (Fsp3) is 0.421. The van der Waals surface area contributed by atoms with Gasteiger partial charge in [-0.2, -0.15) is 0 Å². The van der Waals surface area contributed by atoms with Gasteiger partial charge in [0.05, 0.1) is 12.0 Å². The van der Waals surface area contributed by atoms with Gasteiger partial charge in [-0.1, -0.05) is 22.9 Å². The highest BCUT2D eigenvalue weighted by atomic mass is 79.9. The van der Waals surface area contributed by atoms with E-state index in [0.717, 1.165) is 34.0 Å². The van der Waals surface area contributed by atoms with E-state index in [2.05, 4.69) is 22.9 Å². The van der Waals surface area contributed by atoms with Crippen molar-refractivity contribution in [2.45, 2.75) is 19.8 Å². The van der Waals surface area contributed by atoms with Gasteiger partial charge in [-0.15, -0.1) is 0 Å². The maximum absolute atomic E-state index is 12.7. The van der Waals surface area contributed by atoms with Gasteiger partial charge in [-0.25, -0.2) is 0 Å². The second-order valence-corrected chi connectivity index (χ2v) is 8.63. The number of thioether (sulfide) groups is 1. The van der Waals surface area contributed by atoms with Crippen molar-refractivity contribution in [3.8, 4) is 5.75 Å². The summed E-state index contributed by atoms with van der Waals surface area (Å²) in [6, 6.07) is 5.42. The van der Waals surface area contributed by atoms with E-state index in [-0.39, 0.29) is 17.4 Å². The molecule has 0 radical (unpaired) electrons. The van der Waals surface area contributed by atoms with Crippen LogP contribution in [0.2, 0.25) is 0 Å². The van der Waals surface area contributed by atoms with Crippen molar-refractivity contribution in [3.05, 3.63) is 33.1 Å². The zero-order valence-corrected chi connectivity index (χ0v) is 17.6. The summed E-state index contributed by atoms with van der Waals surface area (Å²) in [5.41, 5.74) is 0.689. The molecule has 0 saturated carbocycles. The summed E-state index contributed by atoms with van der Waals surface area (Å²) in [5.74, 6) is 0.592. The zero-order chi connectivity index (χ0) is 19.6. The minimum atomic E-state index is -0.439. The van der Waals surface area contributed by atoms with E-state index in [9.17, 15) is 14.4 Å². The molecule has 2 saturated heterocycles. The van der Waals surface area contributed by atoms with Crippen LogP contribution in [0, 0.1) is 5.92 Å². The summed E-state index contributed by atoms with van der Waals surface area (Å²) in [6.45, 7) is 3.33. The lowest BCUT2D eigenvalue weighted by molar-refractivity contribution is -0.136. The van der Waals surface area contributed by atoms with Crippen molar-refractivity contribution in [3.63, 3.8) is 0 Å². The normalized spacial score (nSPS) is 19.9. The van der Waals surface area contributed by atoms with Crippen LogP contribution < -0.4 is 4.74 Å². The number of rotatable bonds is 4. The molecule has 2 fully saturated rings. The smallest absolute Gasteiger partial charge is 0.294 e. The van der Waals surface area contributed by atoms with Gasteiger partial charge < -0.3 is 9.64 Å². The van der Waals surface area contributed by atoms with E-state index < -0.39 is 11.1 Å². The fourth-order valence-corrected chi connectivity index (χ4v) is 4.30. The van der Waals surface area contributed by atoms with Gasteiger partial charge in [0.2, 0.25) is 5.91 Å². The fourth-order valence-electron chi connectivity index (χ4n) is 3.09. The molecule has 144 valence electrons. The number of halogens is 1. The van der Waals surface area contributed by atoms with Gasteiger partial charge in [0.15, 0.2) is 0 Å². The Morgan fingerprint density at radius 2 is 2.04 bits per heavy atom. The molecule has 3 rings (SSSR count). The minimum Gasteiger partial charge on any atom is -0.496 e. The minimum absolute atomic E-state index is 0.175. The molecule has 0 spiro atoms. The van der Waals surface area contributed by atoms with Gasteiger partial charge in [0.1, 0.15) is 12.3 Å². The summed E-state index contributed by atoms with van der Waals surface area (Å²) in [5, 5.41) is -0.418. The first kappa shape index (κ1) is 19.9. The van der Waals surface area contributed by atoms with Gasteiger partial charge >= 0.3 is 0 Å². The molecule has 3 amide bonds. The number of nitrogens with zero attached hydrogens (tertiary/aromatic N) is 2. The van der Waals surface area contributed by atoms with Crippen LogP contribution in [0.3, 0.4) is 0 Å². The Labute approximate surface area is 171 Å². The summed E-state index contributed by atoms with van der Waals surface area (Å²) in [7, 11) is 1.55. The molecule has 2 aliphatic heterocycles. The van der Waals surface area contributed by atoms with Crippen LogP contribution in [0.25, 0.3) is 6.08 Å². The van der Waals surface area contributed by atoms with Crippen molar-refractivity contribution >= 4 is 50.8 Å². The molecule has 0 aromatic heterocycles. The van der Waals surface area contributed by atoms with Crippen LogP contribution in [0.15, 0.2) is 27.6 Å². The molecule has 6 nitrogen and oxygen atoms in total. The third-order valence-electron chi connectivity index (χ3n) is 4.78. The summed E-state index contributed by atoms with van der Waals surface area (Å²) in [4.78, 5) is 40.5. The Bertz CT molecular complexity index is 803. The number of imide groups is 1. The van der Waals surface area contributed by atoms with Crippen LogP contribution >= 0.6 is 27.7 Å². The van der Waals surface area contributed by atoms with E-state index in [0.29, 0.717) is 30.3 Å². The van der Waals surface area contributed by atoms with Gasteiger partial charge in [0, 0.05) is 23.1 Å². The maximum atomic E-state index is 12.7. The third-order valence-corrected chi connectivity index (χ3v) is 6.18. The summed E-state index contributed by atoms with van der Waals surface area (Å²) in [6.07, 6.45) is 3.54. The monoisotopic (exact) mass is 452 g/mol. The number of benzene rings is 1. The second kappa shape index (κ2) is 8.48. The van der Waals surface area contributed by atoms with E-state index in [4.69, 9.17) is 4.74 Å². The summed E-state index contributed by atoms with van der Waals surface area (Å²) >= 11 is 4.24. The van der Waals surface area contributed by atoms with Crippen LogP contribution in [-0.2, 0) is 9.59 Å². The number of carbonyl (C=O) groups excluding carboxylic acids is 3. The Morgan fingerprint density at radius 1 is 1.33 bits per heavy atom. The molecule has 1 aromatic carbocycles. The van der Waals surface area contributed by atoms with Gasteiger partial charge in [-0.3, -0.25) is 19.3 Å². The highest BCUT2D eigenvalue weighted by molar-refractivity contribution is 9.10. The summed E-state index contributed by atoms with van der Waals surface area (Å²) < 4.78 is 6.14. The van der Waals surface area contributed by atoms with E-state index in [1.54, 1.807) is 24.2 Å². The van der Waals surface area contributed by atoms with E-state index >= 15 is 0 Å². The molecular formula is C19H21BrN2O4S. The van der Waals surface area contributed by atoms with Crippen molar-refractivity contribution < 1.29 is 19.1 Å². The number of likely N-dealkylation sites (tertiary alicyclic amines) is 1. The molecule has 0 bridgehead atoms. The first-order chi connectivity index (χ1) is 12.9. The number of methoxy groups -OCH3 is 1. The molecule has 27 heavy (non-hydrogen) atoms. The number of carbonyl (C=O) groups is 3. The number of ether oxygens (including phenoxy) is 1. The molecule has 2 aliphatic rings. The molecule has 0 aliphatic carbocycles. The lowest BCUT2D eigenvalue weighted by Gasteiger charge is -2.31. The quantitative estimate of drug-likeness (QED) is 0.650. The highest BCUT2D eigenvalue weighted by Gasteiger charge is 2.37. The molecule has 2 heterocycles. The first-order valence-electron chi connectivity index (χ1n) is 8.75. The molecule has 0 unspecified atom stereocenters. The number of hydrogen-bond acceptors (Lipinski definition) is 5. The average Bonchev–Trinajstić information content (AvgIpc) is 2.90. The molecule has 8 heteroatoms. The van der Waals surface area contributed by atoms with Crippen molar-refractivity contribution in [2.75, 3.05) is 26.7 Å². The van der Waals surface area contributed by atoms with Crippen LogP contribution in [0.5, 0.6) is 5.75 Å². The number of piperidine rings is 1. The van der Waals surface area contributed by atoms with E-state index in [1.807, 2.05) is 12.1 Å². The Hall–Kier alpha value is -1.80.